The minimum atomic E-state index is -0.633. The Balaban J connectivity index is 1.54. The van der Waals surface area contributed by atoms with Crippen molar-refractivity contribution >= 4 is 17.5 Å². The van der Waals surface area contributed by atoms with Gasteiger partial charge in [-0.25, -0.2) is 0 Å². The zero-order valence-corrected chi connectivity index (χ0v) is 18.9. The van der Waals surface area contributed by atoms with E-state index in [0.717, 1.165) is 42.5 Å². The fraction of sp³-hybridized carbons (Fsp3) is 0.393. The first kappa shape index (κ1) is 21.6. The van der Waals surface area contributed by atoms with Gasteiger partial charge in [0, 0.05) is 29.3 Å². The number of phenolic OH excluding ortho intramolecular Hbond substituents is 1. The van der Waals surface area contributed by atoms with E-state index in [4.69, 9.17) is 9.73 Å². The lowest BCUT2D eigenvalue weighted by Gasteiger charge is -2.37. The van der Waals surface area contributed by atoms with Crippen molar-refractivity contribution in [3.63, 3.8) is 0 Å². The van der Waals surface area contributed by atoms with Crippen molar-refractivity contribution in [2.75, 3.05) is 0 Å². The normalized spacial score (nSPS) is 25.5. The molecule has 1 saturated carbocycles. The van der Waals surface area contributed by atoms with E-state index in [-0.39, 0.29) is 29.5 Å². The van der Waals surface area contributed by atoms with E-state index in [0.29, 0.717) is 24.1 Å². The number of rotatable bonds is 4. The molecule has 5 rings (SSSR count). The third-order valence-corrected chi connectivity index (χ3v) is 7.25. The largest absolute Gasteiger partial charge is 0.508 e. The Labute approximate surface area is 194 Å². The zero-order valence-electron chi connectivity index (χ0n) is 18.9. The van der Waals surface area contributed by atoms with Crippen molar-refractivity contribution in [2.45, 2.75) is 63.4 Å². The first-order chi connectivity index (χ1) is 16.0. The van der Waals surface area contributed by atoms with Gasteiger partial charge in [-0.05, 0) is 68.2 Å². The van der Waals surface area contributed by atoms with Gasteiger partial charge in [-0.2, -0.15) is 0 Å². The van der Waals surface area contributed by atoms with E-state index in [1.165, 1.54) is 0 Å². The van der Waals surface area contributed by atoms with Crippen LogP contribution in [0.3, 0.4) is 0 Å². The summed E-state index contributed by atoms with van der Waals surface area (Å²) in [5.74, 6) is -1.11. The Hall–Kier alpha value is -3.21. The van der Waals surface area contributed by atoms with Crippen LogP contribution in [0.15, 0.2) is 70.9 Å². The number of esters is 1. The molecule has 1 fully saturated rings. The molecule has 0 aromatic heterocycles. The summed E-state index contributed by atoms with van der Waals surface area (Å²) >= 11 is 0. The zero-order chi connectivity index (χ0) is 22.9. The molecule has 1 N–H and O–H groups in total. The highest BCUT2D eigenvalue weighted by Crippen LogP contribution is 2.47. The van der Waals surface area contributed by atoms with Gasteiger partial charge in [-0.15, -0.1) is 0 Å². The number of ketones is 1. The maximum atomic E-state index is 13.6. The second-order valence-corrected chi connectivity index (χ2v) is 9.44. The van der Waals surface area contributed by atoms with Crippen LogP contribution in [-0.2, 0) is 14.3 Å². The fourth-order valence-electron chi connectivity index (χ4n) is 5.61. The third kappa shape index (κ3) is 4.24. The van der Waals surface area contributed by atoms with E-state index in [1.54, 1.807) is 24.3 Å². The van der Waals surface area contributed by atoms with E-state index >= 15 is 0 Å². The molecular weight excluding hydrogens is 414 g/mol. The second kappa shape index (κ2) is 8.97. The third-order valence-electron chi connectivity index (χ3n) is 7.25. The lowest BCUT2D eigenvalue weighted by Crippen LogP contribution is -2.39. The maximum Gasteiger partial charge on any atom is 0.315 e. The first-order valence-electron chi connectivity index (χ1n) is 11.9. The number of aliphatic imine (C=N–C) groups is 1. The predicted molar refractivity (Wildman–Crippen MR) is 126 cm³/mol. The van der Waals surface area contributed by atoms with Gasteiger partial charge in [0.25, 0.3) is 0 Å². The Morgan fingerprint density at radius 2 is 1.67 bits per heavy atom. The highest BCUT2D eigenvalue weighted by molar-refractivity contribution is 6.09. The van der Waals surface area contributed by atoms with Crippen LogP contribution in [0.1, 0.15) is 68.4 Å². The summed E-state index contributed by atoms with van der Waals surface area (Å²) in [6, 6.07) is 16.9. The van der Waals surface area contributed by atoms with E-state index in [2.05, 4.69) is 12.1 Å². The summed E-state index contributed by atoms with van der Waals surface area (Å²) in [5.41, 5.74) is 4.06. The minimum Gasteiger partial charge on any atom is -0.508 e. The molecule has 1 unspecified atom stereocenters. The molecule has 5 nitrogen and oxygen atoms in total. The molecule has 1 heterocycles. The van der Waals surface area contributed by atoms with Gasteiger partial charge in [-0.3, -0.25) is 14.6 Å². The highest BCUT2D eigenvalue weighted by atomic mass is 16.5. The molecule has 2 aromatic carbocycles. The number of carbonyl (C=O) groups excluding carboxylic acids is 2. The lowest BCUT2D eigenvalue weighted by molar-refractivity contribution is -0.151. The Bertz CT molecular complexity index is 1110. The molecule has 33 heavy (non-hydrogen) atoms. The van der Waals surface area contributed by atoms with Crippen LogP contribution in [0.2, 0.25) is 0 Å². The van der Waals surface area contributed by atoms with Crippen LogP contribution in [0.4, 0.5) is 0 Å². The van der Waals surface area contributed by atoms with Crippen molar-refractivity contribution in [1.29, 1.82) is 0 Å². The van der Waals surface area contributed by atoms with Crippen LogP contribution in [-0.4, -0.2) is 28.7 Å². The van der Waals surface area contributed by atoms with Gasteiger partial charge in [0.15, 0.2) is 5.78 Å². The van der Waals surface area contributed by atoms with Crippen molar-refractivity contribution in [3.8, 4) is 5.75 Å². The van der Waals surface area contributed by atoms with Crippen LogP contribution in [0.5, 0.6) is 5.75 Å². The Kier molecular flexibility index (Phi) is 5.88. The molecule has 1 aliphatic heterocycles. The topological polar surface area (TPSA) is 76.0 Å². The number of phenols is 1. The average Bonchev–Trinajstić information content (AvgIpc) is 3.32. The number of hydrogen-bond donors (Lipinski definition) is 1. The van der Waals surface area contributed by atoms with Crippen LogP contribution >= 0.6 is 0 Å². The number of benzene rings is 2. The Morgan fingerprint density at radius 3 is 2.36 bits per heavy atom. The number of carbonyl (C=O) groups is 2. The number of Topliss-reactive ketones (excluding diaryl/α,β-unsaturated/α-hetero) is 1. The summed E-state index contributed by atoms with van der Waals surface area (Å²) in [6.45, 7) is 1.87. The number of aromatic hydroxyl groups is 1. The highest BCUT2D eigenvalue weighted by Gasteiger charge is 2.45. The standard InChI is InChI=1S/C28H29NO4/c1-17-25(28(32)33-22-9-5-6-10-22)26(19-11-13-21(30)14-12-19)27-23(29-17)15-20(16-24(27)31)18-7-3-2-4-8-18/h2-4,7-8,11-14,20,22,25-26,30H,5-6,9-10,15-16H2,1H3/t20-,25?,26+/m0/s1. The first-order valence-corrected chi connectivity index (χ1v) is 11.9. The summed E-state index contributed by atoms with van der Waals surface area (Å²) < 4.78 is 5.90. The molecule has 3 atom stereocenters. The molecule has 3 aliphatic rings. The monoisotopic (exact) mass is 443 g/mol. The van der Waals surface area contributed by atoms with Gasteiger partial charge in [0.2, 0.25) is 0 Å². The molecule has 2 aliphatic carbocycles. The van der Waals surface area contributed by atoms with Crippen LogP contribution in [0, 0.1) is 5.92 Å². The van der Waals surface area contributed by atoms with Crippen LogP contribution in [0.25, 0.3) is 0 Å². The van der Waals surface area contributed by atoms with Crippen LogP contribution < -0.4 is 0 Å². The van der Waals surface area contributed by atoms with E-state index in [9.17, 15) is 14.7 Å². The van der Waals surface area contributed by atoms with E-state index in [1.807, 2.05) is 25.1 Å². The van der Waals surface area contributed by atoms with Crippen molar-refractivity contribution in [1.82, 2.24) is 0 Å². The number of nitrogens with zero attached hydrogens (tertiary/aromatic N) is 1. The molecule has 0 amide bonds. The predicted octanol–water partition coefficient (Wildman–Crippen LogP) is 5.45. The molecule has 0 saturated heterocycles. The van der Waals surface area contributed by atoms with E-state index < -0.39 is 11.8 Å². The fourth-order valence-corrected chi connectivity index (χ4v) is 5.61. The number of ether oxygens (including phenoxy) is 1. The molecule has 5 heteroatoms. The van der Waals surface area contributed by atoms with Gasteiger partial charge in [0.05, 0.1) is 0 Å². The van der Waals surface area contributed by atoms with Crippen molar-refractivity contribution in [3.05, 3.63) is 77.0 Å². The summed E-state index contributed by atoms with van der Waals surface area (Å²) in [6.07, 6.45) is 4.95. The molecular formula is C28H29NO4. The summed E-state index contributed by atoms with van der Waals surface area (Å²) in [5, 5.41) is 9.82. The molecule has 170 valence electrons. The molecule has 2 aromatic rings. The smallest absolute Gasteiger partial charge is 0.315 e. The quantitative estimate of drug-likeness (QED) is 0.637. The number of allylic oxidation sites excluding steroid dienone is 2. The number of hydrogen-bond acceptors (Lipinski definition) is 5. The second-order valence-electron chi connectivity index (χ2n) is 9.44. The molecule has 0 radical (unpaired) electrons. The average molecular weight is 444 g/mol. The molecule has 0 spiro atoms. The van der Waals surface area contributed by atoms with Gasteiger partial charge in [0.1, 0.15) is 17.8 Å². The maximum absolute atomic E-state index is 13.6. The van der Waals surface area contributed by atoms with Gasteiger partial charge in [-0.1, -0.05) is 42.5 Å². The van der Waals surface area contributed by atoms with Crippen molar-refractivity contribution < 1.29 is 19.4 Å². The minimum absolute atomic E-state index is 0.0399. The summed E-state index contributed by atoms with van der Waals surface area (Å²) in [7, 11) is 0. The summed E-state index contributed by atoms with van der Waals surface area (Å²) in [4.78, 5) is 31.8. The SMILES string of the molecule is CC1=NC2=C(C(=O)C[C@@H](c3ccccc3)C2)[C@H](c2ccc(O)cc2)C1C(=O)OC1CCCC1. The molecule has 0 bridgehead atoms. The Morgan fingerprint density at radius 1 is 0.970 bits per heavy atom. The van der Waals surface area contributed by atoms with Gasteiger partial charge >= 0.3 is 5.97 Å². The lowest BCUT2D eigenvalue weighted by atomic mass is 9.69. The van der Waals surface area contributed by atoms with Gasteiger partial charge < -0.3 is 9.84 Å². The van der Waals surface area contributed by atoms with Crippen molar-refractivity contribution in [2.24, 2.45) is 10.9 Å².